The summed E-state index contributed by atoms with van der Waals surface area (Å²) in [5, 5.41) is 7.79. The molecule has 2 nitrogen and oxygen atoms in total. The zero-order chi connectivity index (χ0) is 52.1. The fraction of sp³-hybridized carbons (Fsp3) is 0.123. The van der Waals surface area contributed by atoms with Gasteiger partial charge in [0, 0.05) is 79.9 Å². The molecule has 0 spiro atoms. The van der Waals surface area contributed by atoms with Gasteiger partial charge in [0.05, 0.1) is 0 Å². The van der Waals surface area contributed by atoms with Gasteiger partial charge in [0.2, 0.25) is 0 Å². The van der Waals surface area contributed by atoms with Crippen molar-refractivity contribution in [3.05, 3.63) is 253 Å². The minimum Gasteiger partial charge on any atom is -0.310 e. The van der Waals surface area contributed by atoms with E-state index >= 15 is 0 Å². The normalized spacial score (nSPS) is 12.9. The molecule has 0 N–H and O–H groups in total. The largest absolute Gasteiger partial charge is 0.310 e. The first-order chi connectivity index (χ1) is 37.5. The summed E-state index contributed by atoms with van der Waals surface area (Å²) in [6, 6.07) is 87.0. The highest BCUT2D eigenvalue weighted by atomic mass is 32.1. The third kappa shape index (κ3) is 8.04. The quantitative estimate of drug-likeness (QED) is 0.135. The summed E-state index contributed by atoms with van der Waals surface area (Å²) >= 11 is 3.73. The van der Waals surface area contributed by atoms with Crippen LogP contribution in [0.2, 0.25) is 0 Å². The third-order valence-electron chi connectivity index (χ3n) is 16.4. The Balaban J connectivity index is 0.848. The lowest BCUT2D eigenvalue weighted by molar-refractivity contribution is 0.666. The van der Waals surface area contributed by atoms with Crippen molar-refractivity contribution in [3.8, 4) is 33.4 Å². The summed E-state index contributed by atoms with van der Waals surface area (Å²) in [6.45, 7) is 13.9. The molecule has 4 heteroatoms. The molecule has 2 heterocycles. The molecule has 1 aliphatic carbocycles. The number of hydrogen-bond donors (Lipinski definition) is 0. The van der Waals surface area contributed by atoms with Crippen molar-refractivity contribution in [1.29, 1.82) is 0 Å². The molecule has 0 fully saturated rings. The van der Waals surface area contributed by atoms with E-state index in [1.54, 1.807) is 0 Å². The van der Waals surface area contributed by atoms with Crippen molar-refractivity contribution >= 4 is 108 Å². The first kappa shape index (κ1) is 47.2. The molecule has 0 aliphatic heterocycles. The zero-order valence-electron chi connectivity index (χ0n) is 44.3. The van der Waals surface area contributed by atoms with Gasteiger partial charge in [-0.15, -0.1) is 22.7 Å². The maximum atomic E-state index is 2.47. The van der Waals surface area contributed by atoms with Crippen molar-refractivity contribution in [1.82, 2.24) is 0 Å². The molecular formula is C73H58N2S2. The number of anilines is 6. The number of fused-ring (bicyclic) bond motifs is 11. The average molecular weight is 1030 g/mol. The summed E-state index contributed by atoms with van der Waals surface area (Å²) in [5.41, 5.74) is 19.4. The average Bonchev–Trinajstić information content (AvgIpc) is 4.13. The maximum absolute atomic E-state index is 2.47. The Labute approximate surface area is 459 Å². The van der Waals surface area contributed by atoms with Gasteiger partial charge in [-0.25, -0.2) is 0 Å². The monoisotopic (exact) mass is 1030 g/mol. The lowest BCUT2D eigenvalue weighted by Crippen LogP contribution is -2.17. The van der Waals surface area contributed by atoms with Crippen molar-refractivity contribution in [2.75, 3.05) is 9.80 Å². The van der Waals surface area contributed by atoms with Crippen LogP contribution in [0.3, 0.4) is 0 Å². The van der Waals surface area contributed by atoms with Crippen molar-refractivity contribution in [3.63, 3.8) is 0 Å². The highest BCUT2D eigenvalue weighted by Crippen LogP contribution is 2.54. The molecule has 0 saturated carbocycles. The first-order valence-electron chi connectivity index (χ1n) is 27.1. The second kappa shape index (κ2) is 18.5. The highest BCUT2D eigenvalue weighted by Gasteiger charge is 2.38. The van der Waals surface area contributed by atoms with Crippen LogP contribution in [-0.4, -0.2) is 0 Å². The Morgan fingerprint density at radius 1 is 0.325 bits per heavy atom. The van der Waals surface area contributed by atoms with Crippen LogP contribution in [0.4, 0.5) is 34.1 Å². The maximum Gasteiger partial charge on any atom is 0.0468 e. The Bertz CT molecular complexity index is 4440. The molecule has 0 saturated heterocycles. The molecule has 372 valence electrons. The van der Waals surface area contributed by atoms with E-state index in [0.29, 0.717) is 11.8 Å². The van der Waals surface area contributed by atoms with Gasteiger partial charge in [-0.05, 0) is 187 Å². The molecule has 13 aromatic rings. The van der Waals surface area contributed by atoms with Crippen LogP contribution in [0.25, 0.3) is 84.5 Å². The molecule has 0 amide bonds. The Hall–Kier alpha value is -8.28. The van der Waals surface area contributed by atoms with Crippen LogP contribution in [0.5, 0.6) is 0 Å². The summed E-state index contributed by atoms with van der Waals surface area (Å²) in [7, 11) is 0. The van der Waals surface area contributed by atoms with E-state index in [9.17, 15) is 0 Å². The fourth-order valence-corrected chi connectivity index (χ4v) is 14.5. The Kier molecular flexibility index (Phi) is 11.3. The minimum absolute atomic E-state index is 0.273. The number of rotatable bonds is 10. The standard InChI is InChI=1S/C73H58N2S2/c1-45(2)47-21-28-54(29-22-47)74(56-15-11-13-49(39-56)51-26-37-70-65(42-51)62-17-7-9-19-68(62)76-70)58-32-35-60-53(41-58)25-34-64-61-36-33-59(44-67(61)73(5,6)72(60)64)75(55-30-23-48(24-31-55)46(3)4)57-16-12-14-50(40-57)52-27-38-71-66(43-52)63-18-8-10-20-69(63)77-71/h7-46H,1-6H3. The van der Waals surface area contributed by atoms with Gasteiger partial charge >= 0.3 is 0 Å². The van der Waals surface area contributed by atoms with Gasteiger partial charge in [0.25, 0.3) is 0 Å². The number of thiophene rings is 2. The smallest absolute Gasteiger partial charge is 0.0468 e. The van der Waals surface area contributed by atoms with Crippen LogP contribution in [-0.2, 0) is 5.41 Å². The molecule has 0 unspecified atom stereocenters. The van der Waals surface area contributed by atoms with E-state index in [1.165, 1.54) is 107 Å². The molecule has 1 aliphatic rings. The number of hydrogen-bond acceptors (Lipinski definition) is 4. The van der Waals surface area contributed by atoms with Crippen LogP contribution in [0.1, 0.15) is 75.6 Å². The molecule has 77 heavy (non-hydrogen) atoms. The molecule has 0 bridgehead atoms. The molecule has 0 atom stereocenters. The van der Waals surface area contributed by atoms with Crippen molar-refractivity contribution in [2.45, 2.75) is 58.8 Å². The fourth-order valence-electron chi connectivity index (χ4n) is 12.3. The molecular weight excluding hydrogens is 969 g/mol. The SMILES string of the molecule is CC(C)c1ccc(N(c2cccc(-c3ccc4sc5ccccc5c4c3)c2)c2ccc3c(c2)C(C)(C)c2c-3ccc3cc(N(c4ccc(C(C)C)cc4)c4cccc(-c5ccc6sc7ccccc7c6c5)c4)ccc23)cc1. The van der Waals surface area contributed by atoms with E-state index in [-0.39, 0.29) is 5.41 Å². The van der Waals surface area contributed by atoms with Crippen molar-refractivity contribution in [2.24, 2.45) is 0 Å². The van der Waals surface area contributed by atoms with Crippen LogP contribution in [0.15, 0.2) is 231 Å². The van der Waals surface area contributed by atoms with Crippen molar-refractivity contribution < 1.29 is 0 Å². The predicted molar refractivity (Wildman–Crippen MR) is 336 cm³/mol. The van der Waals surface area contributed by atoms with E-state index in [2.05, 4.69) is 282 Å². The van der Waals surface area contributed by atoms with Gasteiger partial charge in [-0.2, -0.15) is 0 Å². The molecule has 11 aromatic carbocycles. The highest BCUT2D eigenvalue weighted by molar-refractivity contribution is 7.26. The van der Waals surface area contributed by atoms with Gasteiger partial charge in [0.1, 0.15) is 0 Å². The molecule has 14 rings (SSSR count). The van der Waals surface area contributed by atoms with Crippen LogP contribution >= 0.6 is 22.7 Å². The lowest BCUT2D eigenvalue weighted by atomic mass is 9.80. The van der Waals surface area contributed by atoms with Gasteiger partial charge in [-0.3, -0.25) is 0 Å². The lowest BCUT2D eigenvalue weighted by Gasteiger charge is -2.29. The minimum atomic E-state index is -0.273. The second-order valence-corrected chi connectivity index (χ2v) is 24.3. The van der Waals surface area contributed by atoms with Crippen LogP contribution < -0.4 is 9.80 Å². The second-order valence-electron chi connectivity index (χ2n) is 22.1. The summed E-state index contributed by atoms with van der Waals surface area (Å²) < 4.78 is 5.29. The summed E-state index contributed by atoms with van der Waals surface area (Å²) in [4.78, 5) is 4.89. The first-order valence-corrected chi connectivity index (χ1v) is 28.7. The van der Waals surface area contributed by atoms with Gasteiger partial charge < -0.3 is 9.80 Å². The van der Waals surface area contributed by atoms with E-state index in [0.717, 1.165) is 34.1 Å². The van der Waals surface area contributed by atoms with E-state index in [1.807, 2.05) is 22.7 Å². The zero-order valence-corrected chi connectivity index (χ0v) is 45.9. The third-order valence-corrected chi connectivity index (χ3v) is 18.7. The van der Waals surface area contributed by atoms with Gasteiger partial charge in [0.15, 0.2) is 0 Å². The molecule has 0 radical (unpaired) electrons. The Morgan fingerprint density at radius 2 is 0.766 bits per heavy atom. The number of benzene rings is 11. The number of nitrogens with zero attached hydrogens (tertiary/aromatic N) is 2. The molecule has 2 aromatic heterocycles. The predicted octanol–water partition coefficient (Wildman–Crippen LogP) is 22.4. The summed E-state index contributed by atoms with van der Waals surface area (Å²) in [5.74, 6) is 0.888. The summed E-state index contributed by atoms with van der Waals surface area (Å²) in [6.07, 6.45) is 0. The van der Waals surface area contributed by atoms with E-state index < -0.39 is 0 Å². The van der Waals surface area contributed by atoms with E-state index in [4.69, 9.17) is 0 Å². The Morgan fingerprint density at radius 3 is 1.30 bits per heavy atom. The van der Waals surface area contributed by atoms with Crippen LogP contribution in [0, 0.1) is 0 Å². The topological polar surface area (TPSA) is 6.48 Å². The van der Waals surface area contributed by atoms with Gasteiger partial charge in [-0.1, -0.05) is 163 Å².